The summed E-state index contributed by atoms with van der Waals surface area (Å²) in [5.41, 5.74) is 2.33. The summed E-state index contributed by atoms with van der Waals surface area (Å²) in [5.74, 6) is 0.751. The Hall–Kier alpha value is -4.00. The lowest BCUT2D eigenvalue weighted by molar-refractivity contribution is -0.383. The van der Waals surface area contributed by atoms with Gasteiger partial charge in [0.1, 0.15) is 17.3 Å². The first kappa shape index (κ1) is 30.0. The molecule has 0 spiro atoms. The van der Waals surface area contributed by atoms with E-state index in [9.17, 15) is 14.9 Å². The van der Waals surface area contributed by atoms with Gasteiger partial charge in [0.25, 0.3) is 11.2 Å². The molecule has 4 aromatic carbocycles. The third-order valence-electron chi connectivity index (χ3n) is 6.59. The Bertz CT molecular complexity index is 2120. The van der Waals surface area contributed by atoms with Crippen LogP contribution in [0.2, 0.25) is 15.1 Å². The number of hydrogen-bond donors (Lipinski definition) is 2. The zero-order valence-electron chi connectivity index (χ0n) is 22.2. The first-order valence-electron chi connectivity index (χ1n) is 12.8. The molecule has 0 bridgehead atoms. The molecule has 0 fully saturated rings. The van der Waals surface area contributed by atoms with E-state index < -0.39 is 4.92 Å². The van der Waals surface area contributed by atoms with E-state index in [1.807, 2.05) is 30.3 Å². The lowest BCUT2D eigenvalue weighted by Crippen LogP contribution is -2.24. The van der Waals surface area contributed by atoms with Gasteiger partial charge in [0, 0.05) is 33.0 Å². The molecule has 9 nitrogen and oxygen atoms in total. The number of aromatic nitrogens is 3. The van der Waals surface area contributed by atoms with Gasteiger partial charge in [0.2, 0.25) is 0 Å². The van der Waals surface area contributed by atoms with Crippen molar-refractivity contribution in [1.82, 2.24) is 14.5 Å². The van der Waals surface area contributed by atoms with Crippen LogP contribution in [0.4, 0.5) is 28.6 Å². The van der Waals surface area contributed by atoms with E-state index in [-0.39, 0.29) is 28.4 Å². The van der Waals surface area contributed by atoms with Gasteiger partial charge in [-0.1, -0.05) is 75.0 Å². The zero-order valence-corrected chi connectivity index (χ0v) is 26.9. The average molecular weight is 729 g/mol. The highest BCUT2D eigenvalue weighted by molar-refractivity contribution is 9.10. The van der Waals surface area contributed by atoms with Crippen LogP contribution < -0.4 is 16.2 Å². The number of rotatable bonds is 8. The van der Waals surface area contributed by atoms with Crippen molar-refractivity contribution in [3.8, 4) is 5.13 Å². The van der Waals surface area contributed by atoms with Crippen molar-refractivity contribution in [2.75, 3.05) is 10.6 Å². The zero-order chi connectivity index (χ0) is 31.0. The Morgan fingerprint density at radius 2 is 1.68 bits per heavy atom. The van der Waals surface area contributed by atoms with Crippen LogP contribution in [0.1, 0.15) is 11.4 Å². The van der Waals surface area contributed by atoms with Crippen LogP contribution in [0.5, 0.6) is 0 Å². The molecule has 0 radical (unpaired) electrons. The van der Waals surface area contributed by atoms with Gasteiger partial charge in [-0.2, -0.15) is 0 Å². The summed E-state index contributed by atoms with van der Waals surface area (Å²) in [7, 11) is 0. The quantitative estimate of drug-likeness (QED) is 0.119. The number of hydrogen-bond acceptors (Lipinski definition) is 8. The fourth-order valence-corrected chi connectivity index (χ4v) is 6.35. The van der Waals surface area contributed by atoms with Crippen LogP contribution in [-0.4, -0.2) is 19.5 Å². The summed E-state index contributed by atoms with van der Waals surface area (Å²) >= 11 is 23.5. The Labute approximate surface area is 277 Å². The maximum Gasteiger partial charge on any atom is 0.294 e. The van der Waals surface area contributed by atoms with Crippen molar-refractivity contribution < 1.29 is 4.92 Å². The molecular weight excluding hydrogens is 711 g/mol. The normalized spacial score (nSPS) is 11.1. The van der Waals surface area contributed by atoms with Gasteiger partial charge in [0.05, 0.1) is 31.6 Å². The molecule has 0 aliphatic heterocycles. The monoisotopic (exact) mass is 726 g/mol. The number of halogens is 4. The minimum absolute atomic E-state index is 0.204. The molecule has 0 unspecified atom stereocenters. The number of nitrogens with one attached hydrogen (secondary N) is 2. The second-order valence-corrected chi connectivity index (χ2v) is 12.4. The minimum Gasteiger partial charge on any atom is -0.353 e. The van der Waals surface area contributed by atoms with Crippen LogP contribution >= 0.6 is 62.1 Å². The van der Waals surface area contributed by atoms with Gasteiger partial charge in [-0.05, 0) is 54.1 Å². The van der Waals surface area contributed by atoms with Crippen molar-refractivity contribution in [2.24, 2.45) is 0 Å². The SMILES string of the molecule is O=c1c2cc(Br)ccc2nc(Cc2ccccc2Nc2c(Cl)cccc2Cl)n1-c1nc(Nc2ccc(Cl)cc2[N+](=O)[O-])cs1. The summed E-state index contributed by atoms with van der Waals surface area (Å²) in [6.45, 7) is 0. The van der Waals surface area contributed by atoms with Crippen molar-refractivity contribution >= 4 is 102 Å². The predicted molar refractivity (Wildman–Crippen MR) is 181 cm³/mol. The minimum atomic E-state index is -0.531. The molecule has 6 rings (SSSR count). The Morgan fingerprint density at radius 1 is 0.909 bits per heavy atom. The molecule has 2 N–H and O–H groups in total. The lowest BCUT2D eigenvalue weighted by atomic mass is 10.1. The molecule has 2 heterocycles. The predicted octanol–water partition coefficient (Wildman–Crippen LogP) is 9.55. The largest absolute Gasteiger partial charge is 0.353 e. The van der Waals surface area contributed by atoms with E-state index in [2.05, 4.69) is 31.5 Å². The second-order valence-electron chi connectivity index (χ2n) is 9.44. The highest BCUT2D eigenvalue weighted by Gasteiger charge is 2.20. The third kappa shape index (κ3) is 6.15. The Morgan fingerprint density at radius 3 is 2.45 bits per heavy atom. The Balaban J connectivity index is 1.44. The van der Waals surface area contributed by atoms with Crippen LogP contribution in [0.3, 0.4) is 0 Å². The van der Waals surface area contributed by atoms with E-state index in [1.54, 1.807) is 41.8 Å². The molecule has 0 aliphatic carbocycles. The van der Waals surface area contributed by atoms with E-state index in [1.165, 1.54) is 28.0 Å². The summed E-state index contributed by atoms with van der Waals surface area (Å²) in [5, 5.41) is 21.5. The number of para-hydroxylation sites is 2. The van der Waals surface area contributed by atoms with Crippen LogP contribution in [-0.2, 0) is 6.42 Å². The number of benzene rings is 4. The van der Waals surface area contributed by atoms with E-state index >= 15 is 0 Å². The number of fused-ring (bicyclic) bond motifs is 1. The van der Waals surface area contributed by atoms with Crippen LogP contribution in [0.15, 0.2) is 93.5 Å². The van der Waals surface area contributed by atoms with Gasteiger partial charge >= 0.3 is 0 Å². The number of nitro benzene ring substituents is 1. The molecule has 0 atom stereocenters. The average Bonchev–Trinajstić information content (AvgIpc) is 3.45. The molecule has 6 aromatic rings. The first-order chi connectivity index (χ1) is 21.2. The number of anilines is 4. The van der Waals surface area contributed by atoms with E-state index in [0.29, 0.717) is 43.4 Å². The van der Waals surface area contributed by atoms with Crippen molar-refractivity contribution in [2.45, 2.75) is 6.42 Å². The van der Waals surface area contributed by atoms with Gasteiger partial charge in [-0.15, -0.1) is 11.3 Å². The molecule has 0 saturated carbocycles. The third-order valence-corrected chi connectivity index (χ3v) is 8.77. The van der Waals surface area contributed by atoms with Gasteiger partial charge in [-0.25, -0.2) is 14.5 Å². The molecule has 0 aliphatic rings. The molecular formula is C30H18BrCl3N6O3S. The number of nitro groups is 1. The highest BCUT2D eigenvalue weighted by Crippen LogP contribution is 2.35. The maximum atomic E-state index is 14.0. The smallest absolute Gasteiger partial charge is 0.294 e. The fraction of sp³-hybridized carbons (Fsp3) is 0.0333. The molecule has 14 heteroatoms. The first-order valence-corrected chi connectivity index (χ1v) is 15.7. The summed E-state index contributed by atoms with van der Waals surface area (Å²) in [6.07, 6.45) is 0.248. The standard InChI is InChI=1S/C30H18BrCl3N6O3S/c31-17-8-10-23-19(13-17)29(41)39(30-38-26(15-44-30)35-24-11-9-18(32)14-25(24)40(42)43)27(36-23)12-16-4-1-2-7-22(16)37-28-20(33)5-3-6-21(28)34/h1-11,13-15,35,37H,12H2. The van der Waals surface area contributed by atoms with Gasteiger partial charge < -0.3 is 10.6 Å². The second kappa shape index (κ2) is 12.5. The summed E-state index contributed by atoms with van der Waals surface area (Å²) < 4.78 is 2.19. The summed E-state index contributed by atoms with van der Waals surface area (Å²) in [4.78, 5) is 34.6. The summed E-state index contributed by atoms with van der Waals surface area (Å²) in [6, 6.07) is 22.4. The van der Waals surface area contributed by atoms with Gasteiger partial charge in [-0.3, -0.25) is 14.9 Å². The number of nitrogens with zero attached hydrogens (tertiary/aromatic N) is 4. The molecule has 220 valence electrons. The van der Waals surface area contributed by atoms with Crippen LogP contribution in [0, 0.1) is 10.1 Å². The highest BCUT2D eigenvalue weighted by atomic mass is 79.9. The topological polar surface area (TPSA) is 115 Å². The molecule has 0 saturated heterocycles. The van der Waals surface area contributed by atoms with Crippen molar-refractivity contribution in [3.05, 3.63) is 136 Å². The van der Waals surface area contributed by atoms with E-state index in [4.69, 9.17) is 39.8 Å². The van der Waals surface area contributed by atoms with Crippen LogP contribution in [0.25, 0.3) is 16.0 Å². The fourth-order valence-electron chi connectivity index (χ4n) is 4.56. The van der Waals surface area contributed by atoms with E-state index in [0.717, 1.165) is 15.7 Å². The van der Waals surface area contributed by atoms with Crippen molar-refractivity contribution in [1.29, 1.82) is 0 Å². The molecule has 2 aromatic heterocycles. The molecule has 44 heavy (non-hydrogen) atoms. The van der Waals surface area contributed by atoms with Gasteiger partial charge in [0.15, 0.2) is 5.13 Å². The maximum absolute atomic E-state index is 14.0. The number of thiazole rings is 1. The lowest BCUT2D eigenvalue weighted by Gasteiger charge is -2.16. The molecule has 0 amide bonds. The van der Waals surface area contributed by atoms with Crippen molar-refractivity contribution in [3.63, 3.8) is 0 Å². The Kier molecular flexibility index (Phi) is 8.57.